The predicted molar refractivity (Wildman–Crippen MR) is 38.2 cm³/mol. The molecule has 0 rings (SSSR count). The molecule has 0 aromatic heterocycles. The summed E-state index contributed by atoms with van der Waals surface area (Å²) < 4.78 is 91.5. The van der Waals surface area contributed by atoms with Gasteiger partial charge in [0, 0.05) is 0 Å². The number of rotatable bonds is 3. The molecule has 0 unspecified atom stereocenters. The maximum absolute atomic E-state index is 11.8. The summed E-state index contributed by atoms with van der Waals surface area (Å²) in [7, 11) is -4.34. The summed E-state index contributed by atoms with van der Waals surface area (Å²) in [4.78, 5) is 0. The molecule has 0 heterocycles. The lowest BCUT2D eigenvalue weighted by Gasteiger charge is -2.22. The third-order valence-corrected chi connectivity index (χ3v) is 2.29. The number of primary sulfonamides is 1. The van der Waals surface area contributed by atoms with Crippen LogP contribution < -0.4 is 5.14 Å². The lowest BCUT2D eigenvalue weighted by atomic mass is 10.1. The van der Waals surface area contributed by atoms with E-state index < -0.39 is 40.5 Å². The molecule has 0 fully saturated rings. The Morgan fingerprint density at radius 2 is 1.33 bits per heavy atom. The van der Waals surface area contributed by atoms with E-state index in [9.17, 15) is 34.8 Å². The zero-order valence-electron chi connectivity index (χ0n) is 7.06. The van der Waals surface area contributed by atoms with Crippen molar-refractivity contribution in [3.05, 3.63) is 0 Å². The van der Waals surface area contributed by atoms with Crippen molar-refractivity contribution in [3.8, 4) is 0 Å². The molecule has 0 bridgehead atoms. The highest BCUT2D eigenvalue weighted by molar-refractivity contribution is 7.89. The summed E-state index contributed by atoms with van der Waals surface area (Å²) in [6.07, 6.45) is -12.7. The fourth-order valence-electron chi connectivity index (χ4n) is 0.795. The molecule has 0 aliphatic carbocycles. The summed E-state index contributed by atoms with van der Waals surface area (Å²) >= 11 is 0. The Bertz CT molecular complexity index is 290. The van der Waals surface area contributed by atoms with Gasteiger partial charge >= 0.3 is 12.4 Å². The molecule has 0 saturated heterocycles. The van der Waals surface area contributed by atoms with E-state index in [4.69, 9.17) is 0 Å². The summed E-state index contributed by atoms with van der Waals surface area (Å²) in [6.45, 7) is 0. The molecule has 0 amide bonds. The second-order valence-electron chi connectivity index (χ2n) is 2.79. The SMILES string of the molecule is NS(=O)(=O)CCC(C(F)(F)F)C(F)(F)F. The van der Waals surface area contributed by atoms with Gasteiger partial charge in [0.1, 0.15) is 0 Å². The second kappa shape index (κ2) is 4.16. The maximum atomic E-state index is 11.8. The molecule has 0 spiro atoms. The van der Waals surface area contributed by atoms with Gasteiger partial charge in [0.05, 0.1) is 5.75 Å². The molecule has 0 atom stereocenters. The highest BCUT2D eigenvalue weighted by atomic mass is 32.2. The molecule has 2 N–H and O–H groups in total. The Labute approximate surface area is 81.3 Å². The number of hydrogen-bond acceptors (Lipinski definition) is 2. The van der Waals surface area contributed by atoms with Gasteiger partial charge in [0.15, 0.2) is 5.92 Å². The van der Waals surface area contributed by atoms with E-state index in [0.29, 0.717) is 0 Å². The monoisotopic (exact) mass is 259 g/mol. The number of halogens is 6. The predicted octanol–water partition coefficient (Wildman–Crippen LogP) is 1.41. The maximum Gasteiger partial charge on any atom is 0.400 e. The van der Waals surface area contributed by atoms with Gasteiger partial charge in [-0.2, -0.15) is 26.3 Å². The lowest BCUT2D eigenvalue weighted by Crippen LogP contribution is -2.38. The Hall–Kier alpha value is -0.510. The zero-order valence-corrected chi connectivity index (χ0v) is 7.88. The number of alkyl halides is 6. The van der Waals surface area contributed by atoms with Crippen LogP contribution >= 0.6 is 0 Å². The fraction of sp³-hybridized carbons (Fsp3) is 1.00. The first-order valence-corrected chi connectivity index (χ1v) is 5.19. The van der Waals surface area contributed by atoms with Gasteiger partial charge in [-0.1, -0.05) is 0 Å². The van der Waals surface area contributed by atoms with Crippen molar-refractivity contribution in [1.29, 1.82) is 0 Å². The summed E-state index contributed by atoms with van der Waals surface area (Å²) in [5.41, 5.74) is 0. The average Bonchev–Trinajstić information content (AvgIpc) is 1.75. The van der Waals surface area contributed by atoms with E-state index >= 15 is 0 Å². The first-order valence-electron chi connectivity index (χ1n) is 3.48. The van der Waals surface area contributed by atoms with Crippen LogP contribution in [0.25, 0.3) is 0 Å². The minimum Gasteiger partial charge on any atom is -0.229 e. The van der Waals surface area contributed by atoms with Gasteiger partial charge in [-0.3, -0.25) is 0 Å². The minimum atomic E-state index is -5.52. The van der Waals surface area contributed by atoms with E-state index in [2.05, 4.69) is 5.14 Å². The molecule has 0 radical (unpaired) electrons. The largest absolute Gasteiger partial charge is 0.400 e. The first kappa shape index (κ1) is 14.5. The van der Waals surface area contributed by atoms with Gasteiger partial charge < -0.3 is 0 Å². The van der Waals surface area contributed by atoms with Crippen molar-refractivity contribution < 1.29 is 34.8 Å². The van der Waals surface area contributed by atoms with Gasteiger partial charge in [0.2, 0.25) is 10.0 Å². The molecule has 0 aliphatic heterocycles. The Kier molecular flexibility index (Phi) is 4.02. The third-order valence-electron chi connectivity index (χ3n) is 1.48. The van der Waals surface area contributed by atoms with Crippen LogP contribution in [0, 0.1) is 5.92 Å². The lowest BCUT2D eigenvalue weighted by molar-refractivity contribution is -0.284. The molecule has 0 saturated carbocycles. The quantitative estimate of drug-likeness (QED) is 0.779. The number of nitrogens with two attached hydrogens (primary N) is 1. The minimum absolute atomic E-state index is 1.36. The molecular formula is C5H7F6NO2S. The molecule has 0 aliphatic rings. The third kappa shape index (κ3) is 5.82. The summed E-state index contributed by atoms with van der Waals surface area (Å²) in [5.74, 6) is -5.03. The smallest absolute Gasteiger partial charge is 0.229 e. The Morgan fingerprint density at radius 1 is 1.00 bits per heavy atom. The van der Waals surface area contributed by atoms with Crippen LogP contribution in [0.15, 0.2) is 0 Å². The van der Waals surface area contributed by atoms with E-state index in [0.717, 1.165) is 0 Å². The molecule has 92 valence electrons. The molecule has 0 aromatic carbocycles. The van der Waals surface area contributed by atoms with Crippen molar-refractivity contribution in [2.45, 2.75) is 18.8 Å². The van der Waals surface area contributed by atoms with Crippen LogP contribution in [0.2, 0.25) is 0 Å². The van der Waals surface area contributed by atoms with Crippen LogP contribution in [0.4, 0.5) is 26.3 Å². The van der Waals surface area contributed by atoms with E-state index in [1.807, 2.05) is 0 Å². The molecule has 3 nitrogen and oxygen atoms in total. The summed E-state index contributed by atoms with van der Waals surface area (Å²) in [6, 6.07) is 0. The van der Waals surface area contributed by atoms with Crippen molar-refractivity contribution in [2.75, 3.05) is 5.75 Å². The van der Waals surface area contributed by atoms with Crippen molar-refractivity contribution in [3.63, 3.8) is 0 Å². The number of hydrogen-bond donors (Lipinski definition) is 1. The van der Waals surface area contributed by atoms with Crippen molar-refractivity contribution in [1.82, 2.24) is 0 Å². The fourth-order valence-corrected chi connectivity index (χ4v) is 1.36. The average molecular weight is 259 g/mol. The second-order valence-corrected chi connectivity index (χ2v) is 4.53. The zero-order chi connectivity index (χ0) is 12.5. The van der Waals surface area contributed by atoms with Crippen LogP contribution in [0.1, 0.15) is 6.42 Å². The molecular weight excluding hydrogens is 252 g/mol. The van der Waals surface area contributed by atoms with E-state index in [1.165, 1.54) is 0 Å². The van der Waals surface area contributed by atoms with Gasteiger partial charge in [-0.15, -0.1) is 0 Å². The van der Waals surface area contributed by atoms with Crippen LogP contribution in [0.5, 0.6) is 0 Å². The van der Waals surface area contributed by atoms with Crippen molar-refractivity contribution >= 4 is 10.0 Å². The number of sulfonamides is 1. The molecule has 0 aromatic rings. The standard InChI is InChI=1S/C5H7F6NO2S/c6-4(7,8)3(5(9,10)11)1-2-15(12,13)14/h3H,1-2H2,(H2,12,13,14). The van der Waals surface area contributed by atoms with Crippen LogP contribution in [0.3, 0.4) is 0 Å². The Balaban J connectivity index is 4.71. The van der Waals surface area contributed by atoms with Gasteiger partial charge in [0.25, 0.3) is 0 Å². The molecule has 10 heteroatoms. The Morgan fingerprint density at radius 3 is 1.53 bits per heavy atom. The van der Waals surface area contributed by atoms with Gasteiger partial charge in [-0.25, -0.2) is 13.6 Å². The topological polar surface area (TPSA) is 60.2 Å². The van der Waals surface area contributed by atoms with Crippen molar-refractivity contribution in [2.24, 2.45) is 11.1 Å². The highest BCUT2D eigenvalue weighted by Crippen LogP contribution is 2.41. The van der Waals surface area contributed by atoms with E-state index in [1.54, 1.807) is 0 Å². The highest BCUT2D eigenvalue weighted by Gasteiger charge is 2.56. The van der Waals surface area contributed by atoms with Crippen LogP contribution in [-0.2, 0) is 10.0 Å². The normalized spacial score (nSPS) is 14.7. The van der Waals surface area contributed by atoms with Gasteiger partial charge in [-0.05, 0) is 6.42 Å². The first-order chi connectivity index (χ1) is 6.34. The molecule has 15 heavy (non-hydrogen) atoms. The van der Waals surface area contributed by atoms with Crippen LogP contribution in [-0.4, -0.2) is 26.5 Å². The van der Waals surface area contributed by atoms with E-state index in [-0.39, 0.29) is 0 Å². The summed E-state index contributed by atoms with van der Waals surface area (Å²) in [5, 5.41) is 4.31.